The van der Waals surface area contributed by atoms with Gasteiger partial charge in [0.2, 0.25) is 10.0 Å². The molecule has 0 unspecified atom stereocenters. The van der Waals surface area contributed by atoms with E-state index in [0.29, 0.717) is 24.9 Å². The summed E-state index contributed by atoms with van der Waals surface area (Å²) in [5.74, 6) is -1.08. The zero-order valence-electron chi connectivity index (χ0n) is 14.2. The van der Waals surface area contributed by atoms with Gasteiger partial charge in [0.05, 0.1) is 10.5 Å². The first-order chi connectivity index (χ1) is 11.8. The number of sulfonamides is 1. The molecular weight excluding hydrogens is 347 g/mol. The molecule has 138 valence electrons. The molecule has 8 heteroatoms. The number of nitrogens with zero attached hydrogens (tertiary/aromatic N) is 2. The number of aromatic carboxylic acids is 1. The third-order valence-electron chi connectivity index (χ3n) is 5.35. The highest BCUT2D eigenvalue weighted by molar-refractivity contribution is 7.89. The summed E-state index contributed by atoms with van der Waals surface area (Å²) in [7, 11) is -1.78. The quantitative estimate of drug-likeness (QED) is 0.876. The average Bonchev–Trinajstić information content (AvgIpc) is 3.01. The molecule has 2 aliphatic heterocycles. The Hall–Kier alpha value is -1.51. The Morgan fingerprint density at radius 2 is 1.76 bits per heavy atom. The molecule has 3 rings (SSSR count). The van der Waals surface area contributed by atoms with Crippen molar-refractivity contribution in [3.8, 4) is 0 Å². The fraction of sp³-hybridized carbons (Fsp3) is 0.588. The van der Waals surface area contributed by atoms with Crippen LogP contribution in [0.1, 0.15) is 29.6 Å². The van der Waals surface area contributed by atoms with Crippen LogP contribution in [0.5, 0.6) is 0 Å². The van der Waals surface area contributed by atoms with Crippen LogP contribution < -0.4 is 0 Å². The van der Waals surface area contributed by atoms with Crippen LogP contribution in [0.15, 0.2) is 23.1 Å². The molecule has 0 aliphatic carbocycles. The Morgan fingerprint density at radius 3 is 2.32 bits per heavy atom. The number of halogens is 1. The molecular formula is C17H23FN2O4S. The van der Waals surface area contributed by atoms with Gasteiger partial charge in [0.1, 0.15) is 5.82 Å². The number of carboxylic acid groups (broad SMARTS) is 1. The lowest BCUT2D eigenvalue weighted by atomic mass is 9.84. The maximum Gasteiger partial charge on any atom is 0.335 e. The van der Waals surface area contributed by atoms with Gasteiger partial charge in [0.15, 0.2) is 0 Å². The van der Waals surface area contributed by atoms with E-state index in [1.165, 1.54) is 4.31 Å². The van der Waals surface area contributed by atoms with Crippen molar-refractivity contribution in [2.24, 2.45) is 11.8 Å². The van der Waals surface area contributed by atoms with Gasteiger partial charge in [-0.1, -0.05) is 0 Å². The van der Waals surface area contributed by atoms with Crippen molar-refractivity contribution >= 4 is 16.0 Å². The molecule has 1 aromatic carbocycles. The highest BCUT2D eigenvalue weighted by Crippen LogP contribution is 2.33. The molecule has 2 heterocycles. The van der Waals surface area contributed by atoms with Gasteiger partial charge in [-0.05, 0) is 62.9 Å². The first-order valence-corrected chi connectivity index (χ1v) is 9.94. The summed E-state index contributed by atoms with van der Waals surface area (Å²) < 4.78 is 40.5. The van der Waals surface area contributed by atoms with E-state index in [9.17, 15) is 17.6 Å². The lowest BCUT2D eigenvalue weighted by molar-refractivity contribution is 0.0696. The van der Waals surface area contributed by atoms with Crippen LogP contribution >= 0.6 is 0 Å². The molecule has 1 aromatic rings. The minimum Gasteiger partial charge on any atom is -0.478 e. The van der Waals surface area contributed by atoms with Gasteiger partial charge >= 0.3 is 5.97 Å². The summed E-state index contributed by atoms with van der Waals surface area (Å²) in [6.07, 6.45) is 2.73. The number of piperidine rings is 1. The molecule has 25 heavy (non-hydrogen) atoms. The first kappa shape index (κ1) is 18.3. The molecule has 0 aromatic heterocycles. The maximum atomic E-state index is 13.6. The molecule has 0 bridgehead atoms. The number of rotatable bonds is 4. The summed E-state index contributed by atoms with van der Waals surface area (Å²) >= 11 is 0. The van der Waals surface area contributed by atoms with Gasteiger partial charge in [-0.25, -0.2) is 17.6 Å². The zero-order chi connectivity index (χ0) is 18.2. The molecule has 2 saturated heterocycles. The molecule has 2 aliphatic rings. The standard InChI is InChI=1S/C17H23FN2O4S/c1-19-5-2-13(11-19)12-3-6-20(7-4-12)25(23,24)16-9-14(17(21)22)8-15(18)10-16/h8-10,12-13H,2-7,11H2,1H3,(H,21,22)/t13-/m0/s1. The third-order valence-corrected chi connectivity index (χ3v) is 7.23. The van der Waals surface area contributed by atoms with Gasteiger partial charge < -0.3 is 10.0 Å². The Morgan fingerprint density at radius 1 is 1.12 bits per heavy atom. The molecule has 0 radical (unpaired) electrons. The summed E-state index contributed by atoms with van der Waals surface area (Å²) in [5.41, 5.74) is -0.359. The van der Waals surface area contributed by atoms with E-state index in [-0.39, 0.29) is 10.5 Å². The number of hydrogen-bond donors (Lipinski definition) is 1. The SMILES string of the molecule is CN1CC[C@H](C2CCN(S(=O)(=O)c3cc(F)cc(C(=O)O)c3)CC2)C1. The largest absolute Gasteiger partial charge is 0.478 e. The predicted octanol–water partition coefficient (Wildman–Crippen LogP) is 1.88. The first-order valence-electron chi connectivity index (χ1n) is 8.50. The number of likely N-dealkylation sites (tertiary alicyclic amines) is 1. The molecule has 0 amide bonds. The van der Waals surface area contributed by atoms with Crippen molar-refractivity contribution in [2.75, 3.05) is 33.2 Å². The van der Waals surface area contributed by atoms with E-state index in [2.05, 4.69) is 11.9 Å². The van der Waals surface area contributed by atoms with Gasteiger partial charge in [0, 0.05) is 19.6 Å². The predicted molar refractivity (Wildman–Crippen MR) is 90.4 cm³/mol. The molecule has 1 atom stereocenters. The molecule has 0 spiro atoms. The normalized spacial score (nSPS) is 23.8. The second-order valence-electron chi connectivity index (χ2n) is 7.03. The molecule has 1 N–H and O–H groups in total. The highest BCUT2D eigenvalue weighted by atomic mass is 32.2. The Kier molecular flexibility index (Phi) is 5.13. The van der Waals surface area contributed by atoms with E-state index >= 15 is 0 Å². The van der Waals surface area contributed by atoms with Crippen LogP contribution in [0, 0.1) is 17.7 Å². The van der Waals surface area contributed by atoms with Crippen LogP contribution in [0.2, 0.25) is 0 Å². The Labute approximate surface area is 147 Å². The smallest absolute Gasteiger partial charge is 0.335 e. The van der Waals surface area contributed by atoms with Gasteiger partial charge in [-0.15, -0.1) is 0 Å². The number of carboxylic acids is 1. The van der Waals surface area contributed by atoms with Crippen molar-refractivity contribution in [3.05, 3.63) is 29.6 Å². The Balaban J connectivity index is 1.73. The second-order valence-corrected chi connectivity index (χ2v) is 8.97. The van der Waals surface area contributed by atoms with E-state index < -0.39 is 21.8 Å². The van der Waals surface area contributed by atoms with Crippen LogP contribution in [0.25, 0.3) is 0 Å². The van der Waals surface area contributed by atoms with E-state index in [0.717, 1.165) is 50.6 Å². The minimum atomic E-state index is -3.88. The maximum absolute atomic E-state index is 13.6. The van der Waals surface area contributed by atoms with Crippen molar-refractivity contribution in [2.45, 2.75) is 24.2 Å². The lowest BCUT2D eigenvalue weighted by Gasteiger charge is -2.34. The van der Waals surface area contributed by atoms with Crippen molar-refractivity contribution in [3.63, 3.8) is 0 Å². The number of benzene rings is 1. The summed E-state index contributed by atoms with van der Waals surface area (Å²) in [5, 5.41) is 9.01. The molecule has 6 nitrogen and oxygen atoms in total. The second kappa shape index (κ2) is 7.01. The highest BCUT2D eigenvalue weighted by Gasteiger charge is 2.35. The fourth-order valence-electron chi connectivity index (χ4n) is 3.93. The van der Waals surface area contributed by atoms with E-state index in [4.69, 9.17) is 5.11 Å². The van der Waals surface area contributed by atoms with Gasteiger partial charge in [0.25, 0.3) is 0 Å². The topological polar surface area (TPSA) is 77.9 Å². The fourth-order valence-corrected chi connectivity index (χ4v) is 5.45. The van der Waals surface area contributed by atoms with Crippen molar-refractivity contribution in [1.82, 2.24) is 9.21 Å². The average molecular weight is 370 g/mol. The zero-order valence-corrected chi connectivity index (χ0v) is 15.0. The third kappa shape index (κ3) is 3.86. The van der Waals surface area contributed by atoms with E-state index in [1.54, 1.807) is 0 Å². The Bertz CT molecular complexity index is 760. The molecule has 2 fully saturated rings. The summed E-state index contributed by atoms with van der Waals surface area (Å²) in [4.78, 5) is 13.1. The van der Waals surface area contributed by atoms with Gasteiger partial charge in [-0.2, -0.15) is 4.31 Å². The minimum absolute atomic E-state index is 0.288. The summed E-state index contributed by atoms with van der Waals surface area (Å²) in [6.45, 7) is 2.94. The van der Waals surface area contributed by atoms with Crippen LogP contribution in [-0.4, -0.2) is 61.9 Å². The van der Waals surface area contributed by atoms with E-state index in [1.807, 2.05) is 0 Å². The van der Waals surface area contributed by atoms with Crippen LogP contribution in [0.3, 0.4) is 0 Å². The monoisotopic (exact) mass is 370 g/mol. The summed E-state index contributed by atoms with van der Waals surface area (Å²) in [6, 6.07) is 2.74. The van der Waals surface area contributed by atoms with Crippen LogP contribution in [-0.2, 0) is 10.0 Å². The van der Waals surface area contributed by atoms with Gasteiger partial charge in [-0.3, -0.25) is 0 Å². The number of carbonyl (C=O) groups is 1. The van der Waals surface area contributed by atoms with Crippen molar-refractivity contribution in [1.29, 1.82) is 0 Å². The number of hydrogen-bond acceptors (Lipinski definition) is 4. The van der Waals surface area contributed by atoms with Crippen molar-refractivity contribution < 1.29 is 22.7 Å². The lowest BCUT2D eigenvalue weighted by Crippen LogP contribution is -2.40. The molecule has 0 saturated carbocycles. The van der Waals surface area contributed by atoms with Crippen LogP contribution in [0.4, 0.5) is 4.39 Å².